The summed E-state index contributed by atoms with van der Waals surface area (Å²) in [6.07, 6.45) is 0. The van der Waals surface area contributed by atoms with E-state index in [1.807, 2.05) is 30.3 Å². The molecular formula is C15H18. The molecule has 15 heavy (non-hydrogen) atoms. The Bertz CT molecular complexity index is 526. The van der Waals surface area contributed by atoms with Crippen LogP contribution in [0.15, 0.2) is 36.4 Å². The molecule has 2 aromatic carbocycles. The molecule has 0 saturated carbocycles. The highest BCUT2D eigenvalue weighted by Crippen LogP contribution is 2.31. The Labute approximate surface area is 96.2 Å². The third kappa shape index (κ3) is 1.77. The Balaban J connectivity index is 2.90. The summed E-state index contributed by atoms with van der Waals surface area (Å²) in [6, 6.07) is 11.5. The van der Waals surface area contributed by atoms with Crippen molar-refractivity contribution < 1.29 is 4.11 Å². The number of benzene rings is 2. The van der Waals surface area contributed by atoms with Crippen molar-refractivity contribution in [2.75, 3.05) is 0 Å². The van der Waals surface area contributed by atoms with Crippen molar-refractivity contribution in [1.29, 1.82) is 0 Å². The summed E-state index contributed by atoms with van der Waals surface area (Å²) in [6.45, 7) is 4.26. The van der Waals surface area contributed by atoms with Crippen LogP contribution in [0.2, 0.25) is 0 Å². The van der Waals surface area contributed by atoms with Crippen LogP contribution in [0.4, 0.5) is 0 Å². The van der Waals surface area contributed by atoms with Crippen LogP contribution in [0.3, 0.4) is 0 Å². The van der Waals surface area contributed by atoms with Crippen LogP contribution >= 0.6 is 0 Å². The van der Waals surface area contributed by atoms with E-state index in [4.69, 9.17) is 4.11 Å². The second-order valence-electron chi connectivity index (χ2n) is 4.96. The molecule has 0 N–H and O–H groups in total. The summed E-state index contributed by atoms with van der Waals surface area (Å²) in [5, 5.41) is 1.88. The fourth-order valence-corrected chi connectivity index (χ4v) is 1.97. The highest BCUT2D eigenvalue weighted by Gasteiger charge is 2.16. The zero-order valence-electron chi connectivity index (χ0n) is 12.5. The van der Waals surface area contributed by atoms with E-state index in [1.54, 1.807) is 6.07 Å². The van der Waals surface area contributed by atoms with Gasteiger partial charge >= 0.3 is 0 Å². The first kappa shape index (κ1) is 7.05. The smallest absolute Gasteiger partial charge is 0.0280 e. The van der Waals surface area contributed by atoms with Crippen LogP contribution in [0, 0.1) is 6.85 Å². The Morgan fingerprint density at radius 3 is 2.27 bits per heavy atom. The van der Waals surface area contributed by atoms with Gasteiger partial charge in [-0.2, -0.15) is 0 Å². The quantitative estimate of drug-likeness (QED) is 0.591. The van der Waals surface area contributed by atoms with Gasteiger partial charge in [-0.15, -0.1) is 0 Å². The summed E-state index contributed by atoms with van der Waals surface area (Å²) < 4.78 is 23.1. The lowest BCUT2D eigenvalue weighted by molar-refractivity contribution is 0.595. The molecule has 0 heteroatoms. The van der Waals surface area contributed by atoms with Gasteiger partial charge in [-0.05, 0) is 34.2 Å². The van der Waals surface area contributed by atoms with E-state index < -0.39 is 6.85 Å². The van der Waals surface area contributed by atoms with Crippen molar-refractivity contribution in [2.45, 2.75) is 33.0 Å². The van der Waals surface area contributed by atoms with Gasteiger partial charge in [0.1, 0.15) is 0 Å². The number of rotatable bonds is 0. The zero-order valence-corrected chi connectivity index (χ0v) is 9.46. The summed E-state index contributed by atoms with van der Waals surface area (Å²) in [7, 11) is 0. The maximum Gasteiger partial charge on any atom is 0.0280 e. The van der Waals surface area contributed by atoms with E-state index in [-0.39, 0.29) is 5.41 Å². The number of hydrogen-bond donors (Lipinski definition) is 0. The minimum atomic E-state index is -2.07. The van der Waals surface area contributed by atoms with Gasteiger partial charge in [0.2, 0.25) is 0 Å². The predicted molar refractivity (Wildman–Crippen MR) is 67.4 cm³/mol. The van der Waals surface area contributed by atoms with E-state index in [0.717, 1.165) is 16.3 Å². The molecule has 0 aromatic heterocycles. The van der Waals surface area contributed by atoms with Crippen LogP contribution in [0.25, 0.3) is 10.8 Å². The molecule has 0 aliphatic carbocycles. The van der Waals surface area contributed by atoms with Gasteiger partial charge in [-0.1, -0.05) is 57.2 Å². The average Bonchev–Trinajstić information content (AvgIpc) is 2.24. The van der Waals surface area contributed by atoms with Crippen molar-refractivity contribution in [3.63, 3.8) is 0 Å². The standard InChI is InChI=1S/C15H18/c1-11-7-5-8-12-9-6-10-13(14(11)12)15(2,3)4/h5-10H,1-4H3/i1D3. The molecule has 0 spiro atoms. The predicted octanol–water partition coefficient (Wildman–Crippen LogP) is 4.45. The molecule has 2 aromatic rings. The second-order valence-corrected chi connectivity index (χ2v) is 4.96. The highest BCUT2D eigenvalue weighted by molar-refractivity contribution is 5.89. The molecule has 0 aliphatic rings. The van der Waals surface area contributed by atoms with Crippen molar-refractivity contribution in [3.05, 3.63) is 47.5 Å². The summed E-state index contributed by atoms with van der Waals surface area (Å²) in [5.41, 5.74) is 1.47. The summed E-state index contributed by atoms with van der Waals surface area (Å²) >= 11 is 0. The minimum absolute atomic E-state index is 0.0686. The Morgan fingerprint density at radius 2 is 1.67 bits per heavy atom. The van der Waals surface area contributed by atoms with Gasteiger partial charge in [0.05, 0.1) is 0 Å². The first-order valence-corrected chi connectivity index (χ1v) is 5.24. The summed E-state index contributed by atoms with van der Waals surface area (Å²) in [4.78, 5) is 0. The van der Waals surface area contributed by atoms with E-state index in [1.165, 1.54) is 0 Å². The molecule has 0 radical (unpaired) electrons. The topological polar surface area (TPSA) is 0 Å². The molecule has 0 unspecified atom stereocenters. The maximum atomic E-state index is 7.69. The zero-order chi connectivity index (χ0) is 13.6. The molecular weight excluding hydrogens is 180 g/mol. The second kappa shape index (κ2) is 3.37. The SMILES string of the molecule is [2H]C([2H])([2H])c1cccc2cccc(C(C)(C)C)c12. The van der Waals surface area contributed by atoms with Gasteiger partial charge < -0.3 is 0 Å². The Kier molecular flexibility index (Phi) is 1.59. The van der Waals surface area contributed by atoms with E-state index >= 15 is 0 Å². The third-order valence-corrected chi connectivity index (χ3v) is 2.71. The summed E-state index contributed by atoms with van der Waals surface area (Å²) in [5.74, 6) is 0. The molecule has 0 nitrogen and oxygen atoms in total. The maximum absolute atomic E-state index is 7.69. The molecule has 0 heterocycles. The average molecular weight is 201 g/mol. The molecule has 2 rings (SSSR count). The molecule has 78 valence electrons. The van der Waals surface area contributed by atoms with Crippen molar-refractivity contribution in [2.24, 2.45) is 0 Å². The van der Waals surface area contributed by atoms with Gasteiger partial charge in [0.15, 0.2) is 0 Å². The lowest BCUT2D eigenvalue weighted by Crippen LogP contribution is -2.11. The van der Waals surface area contributed by atoms with Crippen LogP contribution in [-0.2, 0) is 5.41 Å². The number of hydrogen-bond acceptors (Lipinski definition) is 0. The van der Waals surface area contributed by atoms with Gasteiger partial charge in [-0.25, -0.2) is 0 Å². The lowest BCUT2D eigenvalue weighted by Gasteiger charge is -2.22. The Hall–Kier alpha value is -1.30. The van der Waals surface area contributed by atoms with Crippen molar-refractivity contribution in [1.82, 2.24) is 0 Å². The molecule has 0 bridgehead atoms. The highest BCUT2D eigenvalue weighted by atomic mass is 14.2. The molecule has 0 aliphatic heterocycles. The van der Waals surface area contributed by atoms with Crippen LogP contribution in [-0.4, -0.2) is 0 Å². The largest absolute Gasteiger partial charge is 0.0614 e. The van der Waals surface area contributed by atoms with Crippen molar-refractivity contribution in [3.8, 4) is 0 Å². The van der Waals surface area contributed by atoms with Crippen LogP contribution in [0.5, 0.6) is 0 Å². The minimum Gasteiger partial charge on any atom is -0.0614 e. The van der Waals surface area contributed by atoms with Crippen LogP contribution < -0.4 is 0 Å². The fraction of sp³-hybridized carbons (Fsp3) is 0.333. The first-order valence-electron chi connectivity index (χ1n) is 6.74. The van der Waals surface area contributed by atoms with Crippen LogP contribution in [0.1, 0.15) is 36.0 Å². The normalized spacial score (nSPS) is 15.8. The Morgan fingerprint density at radius 1 is 1.00 bits per heavy atom. The first-order chi connectivity index (χ1) is 8.21. The molecule has 0 fully saturated rings. The van der Waals surface area contributed by atoms with Gasteiger partial charge in [-0.3, -0.25) is 0 Å². The third-order valence-electron chi connectivity index (χ3n) is 2.71. The van der Waals surface area contributed by atoms with E-state index in [0.29, 0.717) is 5.56 Å². The van der Waals surface area contributed by atoms with E-state index in [9.17, 15) is 0 Å². The van der Waals surface area contributed by atoms with Gasteiger partial charge in [0.25, 0.3) is 0 Å². The lowest BCUT2D eigenvalue weighted by atomic mass is 9.82. The molecule has 0 saturated heterocycles. The van der Waals surface area contributed by atoms with E-state index in [2.05, 4.69) is 20.8 Å². The fourth-order valence-electron chi connectivity index (χ4n) is 1.97. The molecule has 0 atom stereocenters. The van der Waals surface area contributed by atoms with Gasteiger partial charge in [0, 0.05) is 4.11 Å². The molecule has 0 amide bonds. The number of fused-ring (bicyclic) bond motifs is 1. The number of aryl methyl sites for hydroxylation is 1. The van der Waals surface area contributed by atoms with Crippen molar-refractivity contribution >= 4 is 10.8 Å². The monoisotopic (exact) mass is 201 g/mol.